The zero-order chi connectivity index (χ0) is 21.8. The molecule has 0 fully saturated rings. The number of nitrogens with zero attached hydrogens (tertiary/aromatic N) is 2. The first kappa shape index (κ1) is 20.7. The lowest BCUT2D eigenvalue weighted by molar-refractivity contribution is 0.0563. The molecular formula is C26H26N2O3. The molecule has 0 spiro atoms. The summed E-state index contributed by atoms with van der Waals surface area (Å²) in [6.45, 7) is 4.95. The number of aromatic nitrogens is 1. The van der Waals surface area contributed by atoms with Crippen LogP contribution in [0.25, 0.3) is 10.9 Å². The fourth-order valence-corrected chi connectivity index (χ4v) is 3.62. The highest BCUT2D eigenvalue weighted by atomic mass is 16.5. The summed E-state index contributed by atoms with van der Waals surface area (Å²) in [6, 6.07) is 20.1. The number of rotatable bonds is 7. The molecule has 5 nitrogen and oxygen atoms in total. The second-order valence-electron chi connectivity index (χ2n) is 7.65. The van der Waals surface area contributed by atoms with E-state index in [0.717, 1.165) is 28.6 Å². The molecule has 4 rings (SSSR count). The van der Waals surface area contributed by atoms with Crippen LogP contribution in [0.1, 0.15) is 53.6 Å². The molecule has 0 saturated carbocycles. The van der Waals surface area contributed by atoms with Crippen molar-refractivity contribution in [1.82, 2.24) is 4.57 Å². The topological polar surface area (TPSA) is 56.7 Å². The van der Waals surface area contributed by atoms with E-state index in [1.807, 2.05) is 18.3 Å². The number of fused-ring (bicyclic) bond motifs is 1. The largest absolute Gasteiger partial charge is 0.463 e. The molecule has 0 radical (unpaired) electrons. The highest BCUT2D eigenvalue weighted by Crippen LogP contribution is 2.24. The van der Waals surface area contributed by atoms with E-state index in [-0.39, 0.29) is 5.76 Å². The van der Waals surface area contributed by atoms with Crippen molar-refractivity contribution in [3.8, 4) is 0 Å². The maximum atomic E-state index is 11.7. The molecule has 1 atom stereocenters. The molecule has 0 amide bonds. The van der Waals surface area contributed by atoms with Crippen LogP contribution in [0.15, 0.2) is 76.3 Å². The van der Waals surface area contributed by atoms with Crippen LogP contribution >= 0.6 is 0 Å². The standard InChI is InChI=1S/C26H26N2O3/c1-4-18(2)19-9-11-21(12-10-19)27-15-20-16-28(24-8-6-5-7-23(20)24)17-22-13-14-25(31-22)26(29)30-3/h5-16,18H,4,17H2,1-3H3/t18-/m0/s1. The smallest absolute Gasteiger partial charge is 0.373 e. The quantitative estimate of drug-likeness (QED) is 0.262. The first-order valence-corrected chi connectivity index (χ1v) is 10.5. The maximum absolute atomic E-state index is 11.7. The molecule has 2 heterocycles. The van der Waals surface area contributed by atoms with Gasteiger partial charge in [0.05, 0.1) is 19.3 Å². The van der Waals surface area contributed by atoms with E-state index >= 15 is 0 Å². The predicted octanol–water partition coefficient (Wildman–Crippen LogP) is 6.33. The molecule has 0 aliphatic heterocycles. The lowest BCUT2D eigenvalue weighted by Gasteiger charge is -2.08. The molecule has 0 saturated heterocycles. The number of aliphatic imine (C=N–C) groups is 1. The van der Waals surface area contributed by atoms with Gasteiger partial charge in [0.1, 0.15) is 5.76 Å². The Morgan fingerprint density at radius 2 is 1.90 bits per heavy atom. The number of hydrogen-bond acceptors (Lipinski definition) is 4. The zero-order valence-corrected chi connectivity index (χ0v) is 18.0. The lowest BCUT2D eigenvalue weighted by atomic mass is 9.99. The van der Waals surface area contributed by atoms with Gasteiger partial charge in [-0.05, 0) is 48.2 Å². The fraction of sp³-hybridized carbons (Fsp3) is 0.231. The van der Waals surface area contributed by atoms with Crippen molar-refractivity contribution in [2.45, 2.75) is 32.7 Å². The van der Waals surface area contributed by atoms with Crippen LogP contribution in [-0.2, 0) is 11.3 Å². The van der Waals surface area contributed by atoms with Crippen LogP contribution in [0.3, 0.4) is 0 Å². The van der Waals surface area contributed by atoms with Crippen molar-refractivity contribution in [3.63, 3.8) is 0 Å². The zero-order valence-electron chi connectivity index (χ0n) is 18.0. The molecule has 4 aromatic rings. The predicted molar refractivity (Wildman–Crippen MR) is 123 cm³/mol. The van der Waals surface area contributed by atoms with Crippen LogP contribution in [0.4, 0.5) is 5.69 Å². The van der Waals surface area contributed by atoms with Gasteiger partial charge < -0.3 is 13.7 Å². The molecule has 5 heteroatoms. The van der Waals surface area contributed by atoms with Gasteiger partial charge in [-0.15, -0.1) is 0 Å². The van der Waals surface area contributed by atoms with Crippen LogP contribution < -0.4 is 0 Å². The molecule has 2 aromatic heterocycles. The molecule has 0 aliphatic rings. The van der Waals surface area contributed by atoms with Crippen LogP contribution in [0.2, 0.25) is 0 Å². The van der Waals surface area contributed by atoms with Crippen LogP contribution in [0, 0.1) is 0 Å². The maximum Gasteiger partial charge on any atom is 0.373 e. The van der Waals surface area contributed by atoms with Gasteiger partial charge in [0.2, 0.25) is 5.76 Å². The third-order valence-corrected chi connectivity index (χ3v) is 5.62. The molecule has 0 aliphatic carbocycles. The van der Waals surface area contributed by atoms with Crippen molar-refractivity contribution in [2.24, 2.45) is 4.99 Å². The third kappa shape index (κ3) is 4.45. The van der Waals surface area contributed by atoms with E-state index in [1.54, 1.807) is 12.1 Å². The van der Waals surface area contributed by atoms with Gasteiger partial charge in [0.25, 0.3) is 0 Å². The highest BCUT2D eigenvalue weighted by molar-refractivity contribution is 6.00. The monoisotopic (exact) mass is 414 g/mol. The lowest BCUT2D eigenvalue weighted by Crippen LogP contribution is -1.99. The number of ether oxygens (including phenoxy) is 1. The summed E-state index contributed by atoms with van der Waals surface area (Å²) in [5, 5.41) is 1.11. The molecule has 0 bridgehead atoms. The Kier molecular flexibility index (Phi) is 6.03. The minimum atomic E-state index is -0.476. The molecule has 158 valence electrons. The van der Waals surface area contributed by atoms with Crippen molar-refractivity contribution in [1.29, 1.82) is 0 Å². The van der Waals surface area contributed by atoms with Crippen molar-refractivity contribution in [2.75, 3.05) is 7.11 Å². The average Bonchev–Trinajstić information content (AvgIpc) is 3.42. The highest BCUT2D eigenvalue weighted by Gasteiger charge is 2.13. The first-order valence-electron chi connectivity index (χ1n) is 10.5. The van der Waals surface area contributed by atoms with E-state index in [4.69, 9.17) is 9.15 Å². The van der Waals surface area contributed by atoms with Gasteiger partial charge >= 0.3 is 5.97 Å². The summed E-state index contributed by atoms with van der Waals surface area (Å²) in [7, 11) is 1.34. The number of benzene rings is 2. The minimum Gasteiger partial charge on any atom is -0.463 e. The molecular weight excluding hydrogens is 388 g/mol. The van der Waals surface area contributed by atoms with Crippen LogP contribution in [0.5, 0.6) is 0 Å². The van der Waals surface area contributed by atoms with E-state index in [9.17, 15) is 4.79 Å². The normalized spacial score (nSPS) is 12.5. The Balaban J connectivity index is 1.60. The second-order valence-corrected chi connectivity index (χ2v) is 7.65. The van der Waals surface area contributed by atoms with Crippen molar-refractivity contribution >= 4 is 28.8 Å². The number of methoxy groups -OCH3 is 1. The van der Waals surface area contributed by atoms with E-state index < -0.39 is 5.97 Å². The number of hydrogen-bond donors (Lipinski definition) is 0. The van der Waals surface area contributed by atoms with Gasteiger partial charge in [0.15, 0.2) is 0 Å². The summed E-state index contributed by atoms with van der Waals surface area (Å²) >= 11 is 0. The van der Waals surface area contributed by atoms with Crippen molar-refractivity contribution in [3.05, 3.63) is 89.5 Å². The average molecular weight is 415 g/mol. The van der Waals surface area contributed by atoms with E-state index in [1.165, 1.54) is 12.7 Å². The number of para-hydroxylation sites is 1. The fourth-order valence-electron chi connectivity index (χ4n) is 3.62. The Morgan fingerprint density at radius 3 is 2.65 bits per heavy atom. The summed E-state index contributed by atoms with van der Waals surface area (Å²) < 4.78 is 12.5. The Morgan fingerprint density at radius 1 is 1.13 bits per heavy atom. The Hall–Kier alpha value is -3.60. The van der Waals surface area contributed by atoms with E-state index in [0.29, 0.717) is 18.2 Å². The van der Waals surface area contributed by atoms with Crippen LogP contribution in [-0.4, -0.2) is 23.9 Å². The summed E-state index contributed by atoms with van der Waals surface area (Å²) in [5.41, 5.74) is 4.37. The summed E-state index contributed by atoms with van der Waals surface area (Å²) in [4.78, 5) is 16.3. The van der Waals surface area contributed by atoms with Crippen molar-refractivity contribution < 1.29 is 13.9 Å². The van der Waals surface area contributed by atoms with Gasteiger partial charge in [-0.2, -0.15) is 0 Å². The van der Waals surface area contributed by atoms with Gasteiger partial charge in [-0.1, -0.05) is 44.2 Å². The van der Waals surface area contributed by atoms with Gasteiger partial charge in [-0.3, -0.25) is 4.99 Å². The molecule has 0 N–H and O–H groups in total. The molecule has 2 aromatic carbocycles. The van der Waals surface area contributed by atoms with E-state index in [2.05, 4.69) is 66.0 Å². The number of carbonyl (C=O) groups excluding carboxylic acids is 1. The van der Waals surface area contributed by atoms with Gasteiger partial charge in [0, 0.05) is 28.9 Å². The molecule has 31 heavy (non-hydrogen) atoms. The third-order valence-electron chi connectivity index (χ3n) is 5.62. The Bertz CT molecular complexity index is 1220. The first-order chi connectivity index (χ1) is 15.1. The second kappa shape index (κ2) is 9.04. The SMILES string of the molecule is CC[C@H](C)c1ccc(N=Cc2cn(Cc3ccc(C(=O)OC)o3)c3ccccc23)cc1. The summed E-state index contributed by atoms with van der Waals surface area (Å²) in [6.07, 6.45) is 5.08. The number of furan rings is 1. The summed E-state index contributed by atoms with van der Waals surface area (Å²) in [5.74, 6) is 0.968. The number of esters is 1. The number of carbonyl (C=O) groups is 1. The van der Waals surface area contributed by atoms with Gasteiger partial charge in [-0.25, -0.2) is 4.79 Å². The Labute approximate surface area is 182 Å². The minimum absolute atomic E-state index is 0.205. The molecule has 0 unspecified atom stereocenters.